The molecule has 0 saturated heterocycles. The summed E-state index contributed by atoms with van der Waals surface area (Å²) in [7, 11) is 1.96. The molecule has 1 atom stereocenters. The van der Waals surface area contributed by atoms with Crippen LogP contribution in [0.3, 0.4) is 0 Å². The predicted molar refractivity (Wildman–Crippen MR) is 52.2 cm³/mol. The summed E-state index contributed by atoms with van der Waals surface area (Å²) in [4.78, 5) is 5.14. The van der Waals surface area contributed by atoms with E-state index in [-0.39, 0.29) is 0 Å². The van der Waals surface area contributed by atoms with Gasteiger partial charge in [-0.05, 0) is 19.2 Å². The molecular weight excluding hydrogens is 166 g/mol. The molecule has 4 heteroatoms. The minimum atomic E-state index is -0.431. The highest BCUT2D eigenvalue weighted by atomic mass is 16.3. The first-order valence-corrected chi connectivity index (χ1v) is 4.41. The van der Waals surface area contributed by atoms with Crippen LogP contribution < -0.4 is 5.73 Å². The predicted octanol–water partition coefficient (Wildman–Crippen LogP) is -0.234. The Morgan fingerprint density at radius 3 is 3.00 bits per heavy atom. The molecule has 1 heterocycles. The van der Waals surface area contributed by atoms with Gasteiger partial charge in [0, 0.05) is 31.5 Å². The Kier molecular flexibility index (Phi) is 3.95. The van der Waals surface area contributed by atoms with Crippen molar-refractivity contribution < 1.29 is 5.11 Å². The second-order valence-corrected chi connectivity index (χ2v) is 3.28. The maximum absolute atomic E-state index is 9.28. The van der Waals surface area contributed by atoms with Gasteiger partial charge in [0.2, 0.25) is 0 Å². The van der Waals surface area contributed by atoms with Gasteiger partial charge in [0.25, 0.3) is 0 Å². The van der Waals surface area contributed by atoms with E-state index in [1.807, 2.05) is 30.3 Å². The number of aromatic nitrogens is 1. The fourth-order valence-electron chi connectivity index (χ4n) is 1.26. The van der Waals surface area contributed by atoms with Gasteiger partial charge in [-0.25, -0.2) is 0 Å². The summed E-state index contributed by atoms with van der Waals surface area (Å²) in [6.07, 6.45) is 1.46. The Morgan fingerprint density at radius 2 is 2.46 bits per heavy atom. The van der Waals surface area contributed by atoms with Crippen molar-refractivity contribution in [1.29, 1.82) is 0 Å². The summed E-state index contributed by atoms with van der Waals surface area (Å²) in [5.74, 6) is 0. The lowest BCUT2D eigenvalue weighted by molar-refractivity contribution is 0.129. The number of nitrogens with one attached hydrogen (secondary N) is 1. The van der Waals surface area contributed by atoms with Gasteiger partial charge >= 0.3 is 0 Å². The maximum Gasteiger partial charge on any atom is 0.0789 e. The van der Waals surface area contributed by atoms with E-state index >= 15 is 0 Å². The highest BCUT2D eigenvalue weighted by Gasteiger charge is 2.06. The summed E-state index contributed by atoms with van der Waals surface area (Å²) in [5.41, 5.74) is 6.45. The lowest BCUT2D eigenvalue weighted by Gasteiger charge is -2.18. The normalized spacial score (nSPS) is 13.5. The topological polar surface area (TPSA) is 65.3 Å². The SMILES string of the molecule is CN(Cc1ccc[nH]1)CC(O)CN. The second-order valence-electron chi connectivity index (χ2n) is 3.28. The zero-order valence-electron chi connectivity index (χ0n) is 7.90. The van der Waals surface area contributed by atoms with Crippen molar-refractivity contribution in [3.8, 4) is 0 Å². The minimum absolute atomic E-state index is 0.315. The van der Waals surface area contributed by atoms with Gasteiger partial charge in [-0.1, -0.05) is 0 Å². The Balaban J connectivity index is 2.29. The number of aliphatic hydroxyl groups is 1. The summed E-state index contributed by atoms with van der Waals surface area (Å²) < 4.78 is 0. The van der Waals surface area contributed by atoms with Crippen molar-refractivity contribution >= 4 is 0 Å². The average Bonchev–Trinajstić information content (AvgIpc) is 2.56. The van der Waals surface area contributed by atoms with Crippen molar-refractivity contribution in [3.05, 3.63) is 24.0 Å². The largest absolute Gasteiger partial charge is 0.390 e. The number of aromatic amines is 1. The van der Waals surface area contributed by atoms with Gasteiger partial charge in [-0.15, -0.1) is 0 Å². The third-order valence-electron chi connectivity index (χ3n) is 1.90. The molecule has 0 radical (unpaired) electrons. The van der Waals surface area contributed by atoms with Gasteiger partial charge < -0.3 is 15.8 Å². The molecular formula is C9H17N3O. The molecule has 0 aliphatic heterocycles. The molecule has 4 N–H and O–H groups in total. The monoisotopic (exact) mass is 183 g/mol. The molecule has 0 bridgehead atoms. The van der Waals surface area contributed by atoms with E-state index in [0.717, 1.165) is 12.2 Å². The molecule has 0 aliphatic carbocycles. The van der Waals surface area contributed by atoms with Crippen LogP contribution in [0.4, 0.5) is 0 Å². The first-order chi connectivity index (χ1) is 6.22. The van der Waals surface area contributed by atoms with E-state index in [1.54, 1.807) is 0 Å². The molecule has 13 heavy (non-hydrogen) atoms. The molecule has 0 saturated carbocycles. The van der Waals surface area contributed by atoms with Crippen LogP contribution in [-0.2, 0) is 6.54 Å². The molecule has 0 aromatic carbocycles. The minimum Gasteiger partial charge on any atom is -0.390 e. The average molecular weight is 183 g/mol. The number of H-pyrrole nitrogens is 1. The molecule has 0 spiro atoms. The van der Waals surface area contributed by atoms with E-state index in [2.05, 4.69) is 4.98 Å². The number of aliphatic hydroxyl groups excluding tert-OH is 1. The summed E-state index contributed by atoms with van der Waals surface area (Å²) in [5, 5.41) is 9.28. The molecule has 1 unspecified atom stereocenters. The summed E-state index contributed by atoms with van der Waals surface area (Å²) >= 11 is 0. The standard InChI is InChI=1S/C9H17N3O/c1-12(7-9(13)5-10)6-8-3-2-4-11-8/h2-4,9,11,13H,5-7,10H2,1H3. The Morgan fingerprint density at radius 1 is 1.69 bits per heavy atom. The summed E-state index contributed by atoms with van der Waals surface area (Å²) in [6, 6.07) is 3.98. The second kappa shape index (κ2) is 5.01. The fraction of sp³-hybridized carbons (Fsp3) is 0.556. The van der Waals surface area contributed by atoms with E-state index in [9.17, 15) is 5.11 Å². The van der Waals surface area contributed by atoms with Crippen LogP contribution in [0.15, 0.2) is 18.3 Å². The lowest BCUT2D eigenvalue weighted by Crippen LogP contribution is -2.33. The van der Waals surface area contributed by atoms with Crippen LogP contribution in [0.1, 0.15) is 5.69 Å². The molecule has 1 rings (SSSR count). The van der Waals surface area contributed by atoms with E-state index < -0.39 is 6.10 Å². The number of hydrogen-bond donors (Lipinski definition) is 3. The van der Waals surface area contributed by atoms with Crippen LogP contribution in [0.2, 0.25) is 0 Å². The lowest BCUT2D eigenvalue weighted by atomic mass is 10.3. The molecule has 0 fully saturated rings. The van der Waals surface area contributed by atoms with Gasteiger partial charge in [0.05, 0.1) is 6.10 Å². The van der Waals surface area contributed by atoms with Crippen LogP contribution in [0.5, 0.6) is 0 Å². The Labute approximate surface area is 78.4 Å². The highest BCUT2D eigenvalue weighted by Crippen LogP contribution is 1.99. The Hall–Kier alpha value is -0.840. The smallest absolute Gasteiger partial charge is 0.0789 e. The quantitative estimate of drug-likeness (QED) is 0.590. The zero-order chi connectivity index (χ0) is 9.68. The number of hydrogen-bond acceptors (Lipinski definition) is 3. The summed E-state index contributed by atoms with van der Waals surface area (Å²) in [6.45, 7) is 1.73. The van der Waals surface area contributed by atoms with E-state index in [1.165, 1.54) is 0 Å². The molecule has 1 aromatic rings. The van der Waals surface area contributed by atoms with Crippen LogP contribution >= 0.6 is 0 Å². The van der Waals surface area contributed by atoms with E-state index in [4.69, 9.17) is 5.73 Å². The zero-order valence-corrected chi connectivity index (χ0v) is 7.90. The maximum atomic E-state index is 9.28. The Bertz CT molecular complexity index is 223. The van der Waals surface area contributed by atoms with E-state index in [0.29, 0.717) is 13.1 Å². The number of likely N-dealkylation sites (N-methyl/N-ethyl adjacent to an activating group) is 1. The molecule has 74 valence electrons. The first kappa shape index (κ1) is 10.2. The number of nitrogens with zero attached hydrogens (tertiary/aromatic N) is 1. The van der Waals surface area contributed by atoms with Gasteiger partial charge in [-0.3, -0.25) is 4.90 Å². The van der Waals surface area contributed by atoms with Crippen molar-refractivity contribution in [3.63, 3.8) is 0 Å². The number of rotatable bonds is 5. The van der Waals surface area contributed by atoms with Crippen molar-refractivity contribution in [2.75, 3.05) is 20.1 Å². The van der Waals surface area contributed by atoms with Crippen LogP contribution in [-0.4, -0.2) is 41.2 Å². The molecule has 0 aliphatic rings. The third-order valence-corrected chi connectivity index (χ3v) is 1.90. The van der Waals surface area contributed by atoms with Crippen LogP contribution in [0.25, 0.3) is 0 Å². The molecule has 1 aromatic heterocycles. The van der Waals surface area contributed by atoms with Crippen molar-refractivity contribution in [1.82, 2.24) is 9.88 Å². The first-order valence-electron chi connectivity index (χ1n) is 4.41. The third kappa shape index (κ3) is 3.59. The van der Waals surface area contributed by atoms with Gasteiger partial charge in [0.1, 0.15) is 0 Å². The van der Waals surface area contributed by atoms with Crippen LogP contribution in [0, 0.1) is 0 Å². The van der Waals surface area contributed by atoms with Gasteiger partial charge in [0.15, 0.2) is 0 Å². The number of nitrogens with two attached hydrogens (primary N) is 1. The van der Waals surface area contributed by atoms with Gasteiger partial charge in [-0.2, -0.15) is 0 Å². The van der Waals surface area contributed by atoms with Crippen molar-refractivity contribution in [2.24, 2.45) is 5.73 Å². The highest BCUT2D eigenvalue weighted by molar-refractivity contribution is 5.03. The van der Waals surface area contributed by atoms with Crippen molar-refractivity contribution in [2.45, 2.75) is 12.6 Å². The molecule has 4 nitrogen and oxygen atoms in total. The molecule has 0 amide bonds. The fourth-order valence-corrected chi connectivity index (χ4v) is 1.26.